The van der Waals surface area contributed by atoms with E-state index in [4.69, 9.17) is 0 Å². The van der Waals surface area contributed by atoms with Gasteiger partial charge in [0.25, 0.3) is 0 Å². The largest absolute Gasteiger partial charge is 0.350 e. The third-order valence-corrected chi connectivity index (χ3v) is 6.98. The van der Waals surface area contributed by atoms with E-state index >= 15 is 0 Å². The monoisotopic (exact) mass is 475 g/mol. The van der Waals surface area contributed by atoms with Crippen molar-refractivity contribution in [2.24, 2.45) is 16.8 Å². The van der Waals surface area contributed by atoms with Crippen molar-refractivity contribution in [2.45, 2.75) is 45.2 Å². The van der Waals surface area contributed by atoms with Crippen molar-refractivity contribution in [1.29, 1.82) is 0 Å². The smallest absolute Gasteiger partial charge is 0.194 e. The summed E-state index contributed by atoms with van der Waals surface area (Å²) in [7, 11) is 1.89. The molecule has 0 radical (unpaired) electrons. The molecule has 3 aliphatic rings. The van der Waals surface area contributed by atoms with Gasteiger partial charge in [0.15, 0.2) is 5.96 Å². The molecule has 25 heavy (non-hydrogen) atoms. The van der Waals surface area contributed by atoms with E-state index in [0.717, 1.165) is 48.5 Å². The highest BCUT2D eigenvalue weighted by atomic mass is 127. The van der Waals surface area contributed by atoms with E-state index in [9.17, 15) is 0 Å². The van der Waals surface area contributed by atoms with Crippen LogP contribution in [0.1, 0.15) is 35.6 Å². The second-order valence-corrected chi connectivity index (χ2v) is 8.85. The second-order valence-electron chi connectivity index (χ2n) is 7.53. The van der Waals surface area contributed by atoms with E-state index in [1.165, 1.54) is 43.6 Å². The zero-order chi connectivity index (χ0) is 16.5. The molecule has 1 aromatic heterocycles. The Hall–Kier alpha value is -0.410. The molecule has 3 fully saturated rings. The van der Waals surface area contributed by atoms with Gasteiger partial charge in [0.2, 0.25) is 0 Å². The van der Waals surface area contributed by atoms with E-state index in [1.54, 1.807) is 11.3 Å². The fourth-order valence-electron chi connectivity index (χ4n) is 4.89. The first kappa shape index (κ1) is 19.4. The summed E-state index contributed by atoms with van der Waals surface area (Å²) in [6.45, 7) is 7.42. The first-order valence-electron chi connectivity index (χ1n) is 9.34. The lowest BCUT2D eigenvalue weighted by molar-refractivity contribution is 0.0958. The van der Waals surface area contributed by atoms with Gasteiger partial charge in [0.1, 0.15) is 5.01 Å². The molecule has 3 atom stereocenters. The van der Waals surface area contributed by atoms with Crippen LogP contribution in [0.5, 0.6) is 0 Å². The second kappa shape index (κ2) is 8.52. The fourth-order valence-corrected chi connectivity index (χ4v) is 5.62. The number of guanidine groups is 1. The van der Waals surface area contributed by atoms with Crippen LogP contribution < -0.4 is 5.32 Å². The Morgan fingerprint density at radius 3 is 2.64 bits per heavy atom. The van der Waals surface area contributed by atoms with Gasteiger partial charge in [-0.1, -0.05) is 6.42 Å². The van der Waals surface area contributed by atoms with Gasteiger partial charge < -0.3 is 10.2 Å². The molecule has 4 rings (SSSR count). The lowest BCUT2D eigenvalue weighted by Crippen LogP contribution is -2.55. The van der Waals surface area contributed by atoms with Gasteiger partial charge in [-0.15, -0.1) is 35.3 Å². The van der Waals surface area contributed by atoms with Crippen molar-refractivity contribution >= 4 is 41.3 Å². The van der Waals surface area contributed by atoms with Crippen LogP contribution in [0.15, 0.2) is 11.2 Å². The highest BCUT2D eigenvalue weighted by Crippen LogP contribution is 2.46. The average Bonchev–Trinajstić information content (AvgIpc) is 3.33. The van der Waals surface area contributed by atoms with Crippen LogP contribution in [0.2, 0.25) is 0 Å². The molecule has 2 heterocycles. The fraction of sp³-hybridized carbons (Fsp3) is 0.778. The molecular weight excluding hydrogens is 445 g/mol. The van der Waals surface area contributed by atoms with Crippen molar-refractivity contribution in [2.75, 3.05) is 33.2 Å². The van der Waals surface area contributed by atoms with Crippen LogP contribution in [0.25, 0.3) is 0 Å². The van der Waals surface area contributed by atoms with Crippen molar-refractivity contribution in [3.63, 3.8) is 0 Å². The Labute approximate surface area is 172 Å². The number of aliphatic imine (C=N–C) groups is 1. The number of nitrogens with one attached hydrogen (secondary N) is 1. The summed E-state index contributed by atoms with van der Waals surface area (Å²) in [5, 5.41) is 4.62. The van der Waals surface area contributed by atoms with Gasteiger partial charge in [0, 0.05) is 50.3 Å². The normalized spacial score (nSPS) is 29.8. The molecule has 2 aliphatic carbocycles. The number of aryl methyl sites for hydroxylation is 1. The molecule has 1 N–H and O–H groups in total. The van der Waals surface area contributed by atoms with Gasteiger partial charge in [0.05, 0.1) is 6.54 Å². The SMILES string of the molecule is CN=C(NCc1ncc(C)s1)N1CCN(C2CC3CCC2C3)CC1.I. The Balaban J connectivity index is 0.00000182. The van der Waals surface area contributed by atoms with Gasteiger partial charge in [-0.05, 0) is 38.0 Å². The molecular formula is C18H30IN5S. The van der Waals surface area contributed by atoms with E-state index < -0.39 is 0 Å². The Morgan fingerprint density at radius 1 is 1.28 bits per heavy atom. The number of piperazine rings is 1. The zero-order valence-corrected chi connectivity index (χ0v) is 18.4. The number of thiazole rings is 1. The quantitative estimate of drug-likeness (QED) is 0.415. The molecule has 1 aliphatic heterocycles. The molecule has 2 saturated carbocycles. The molecule has 0 spiro atoms. The topological polar surface area (TPSA) is 43.8 Å². The van der Waals surface area contributed by atoms with Crippen LogP contribution in [-0.4, -0.2) is 60.0 Å². The van der Waals surface area contributed by atoms with Crippen LogP contribution in [-0.2, 0) is 6.54 Å². The van der Waals surface area contributed by atoms with E-state index in [2.05, 4.69) is 32.0 Å². The third-order valence-electron chi connectivity index (χ3n) is 6.06. The Morgan fingerprint density at radius 2 is 2.08 bits per heavy atom. The lowest BCUT2D eigenvalue weighted by atomic mass is 9.93. The number of fused-ring (bicyclic) bond motifs is 2. The summed E-state index contributed by atoms with van der Waals surface area (Å²) in [6, 6.07) is 0.874. The number of nitrogens with zero attached hydrogens (tertiary/aromatic N) is 4. The maximum absolute atomic E-state index is 4.48. The maximum Gasteiger partial charge on any atom is 0.194 e. The van der Waals surface area contributed by atoms with Crippen LogP contribution in [0, 0.1) is 18.8 Å². The molecule has 3 unspecified atom stereocenters. The maximum atomic E-state index is 4.48. The summed E-state index contributed by atoms with van der Waals surface area (Å²) in [5.74, 6) is 3.05. The van der Waals surface area contributed by atoms with Crippen molar-refractivity contribution in [1.82, 2.24) is 20.1 Å². The molecule has 2 bridgehead atoms. The van der Waals surface area contributed by atoms with Gasteiger partial charge >= 0.3 is 0 Å². The lowest BCUT2D eigenvalue weighted by Gasteiger charge is -2.41. The Bertz CT molecular complexity index is 596. The predicted molar refractivity (Wildman–Crippen MR) is 115 cm³/mol. The number of hydrogen-bond acceptors (Lipinski definition) is 4. The summed E-state index contributed by atoms with van der Waals surface area (Å²) in [5.41, 5.74) is 0. The molecule has 5 nitrogen and oxygen atoms in total. The van der Waals surface area contributed by atoms with E-state index in [0.29, 0.717) is 0 Å². The number of rotatable bonds is 3. The highest BCUT2D eigenvalue weighted by Gasteiger charge is 2.42. The number of hydrogen-bond donors (Lipinski definition) is 1. The third kappa shape index (κ3) is 4.30. The standard InChI is InChI=1S/C18H29N5S.HI/c1-13-11-20-17(24-13)12-21-18(19-2)23-7-5-22(6-8-23)16-10-14-3-4-15(16)9-14;/h11,14-16H,3-10,12H2,1-2H3,(H,19,21);1H. The molecule has 0 amide bonds. The van der Waals surface area contributed by atoms with Crippen molar-refractivity contribution in [3.05, 3.63) is 16.1 Å². The summed E-state index contributed by atoms with van der Waals surface area (Å²) < 4.78 is 0. The minimum absolute atomic E-state index is 0. The summed E-state index contributed by atoms with van der Waals surface area (Å²) in [4.78, 5) is 15.3. The average molecular weight is 475 g/mol. The summed E-state index contributed by atoms with van der Waals surface area (Å²) in [6.07, 6.45) is 7.88. The predicted octanol–water partition coefficient (Wildman–Crippen LogP) is 2.95. The van der Waals surface area contributed by atoms with Crippen LogP contribution in [0.4, 0.5) is 0 Å². The van der Waals surface area contributed by atoms with E-state index in [1.807, 2.05) is 13.2 Å². The molecule has 140 valence electrons. The van der Waals surface area contributed by atoms with E-state index in [-0.39, 0.29) is 24.0 Å². The first-order valence-corrected chi connectivity index (χ1v) is 10.2. The highest BCUT2D eigenvalue weighted by molar-refractivity contribution is 14.0. The number of aromatic nitrogens is 1. The van der Waals surface area contributed by atoms with Gasteiger partial charge in [-0.2, -0.15) is 0 Å². The molecule has 7 heteroatoms. The van der Waals surface area contributed by atoms with Crippen molar-refractivity contribution in [3.8, 4) is 0 Å². The zero-order valence-electron chi connectivity index (χ0n) is 15.3. The molecule has 1 aromatic rings. The number of halogens is 1. The first-order chi connectivity index (χ1) is 11.7. The minimum Gasteiger partial charge on any atom is -0.350 e. The molecule has 0 aromatic carbocycles. The van der Waals surface area contributed by atoms with Crippen molar-refractivity contribution < 1.29 is 0 Å². The Kier molecular flexibility index (Phi) is 6.60. The van der Waals surface area contributed by atoms with Crippen LogP contribution >= 0.6 is 35.3 Å². The minimum atomic E-state index is 0. The van der Waals surface area contributed by atoms with Gasteiger partial charge in [-0.25, -0.2) is 4.98 Å². The van der Waals surface area contributed by atoms with Gasteiger partial charge in [-0.3, -0.25) is 9.89 Å². The van der Waals surface area contributed by atoms with Crippen LogP contribution in [0.3, 0.4) is 0 Å². The molecule has 1 saturated heterocycles. The summed E-state index contributed by atoms with van der Waals surface area (Å²) >= 11 is 1.76.